The molecule has 2 saturated carbocycles. The maximum absolute atomic E-state index is 12.6. The third-order valence-corrected chi connectivity index (χ3v) is 4.99. The molecular weight excluding hydrogens is 344 g/mol. The number of nitrogens with one attached hydrogen (secondary N) is 1. The van der Waals surface area contributed by atoms with Crippen molar-refractivity contribution in [2.75, 3.05) is 13.2 Å². The molecule has 0 radical (unpaired) electrons. The minimum absolute atomic E-state index is 0.168. The summed E-state index contributed by atoms with van der Waals surface area (Å²) in [4.78, 5) is 21.2. The monoisotopic (exact) mass is 370 g/mol. The van der Waals surface area contributed by atoms with Crippen LogP contribution in [0.15, 0.2) is 16.8 Å². The van der Waals surface area contributed by atoms with Gasteiger partial charge in [0, 0.05) is 26.1 Å². The number of rotatable bonds is 10. The summed E-state index contributed by atoms with van der Waals surface area (Å²) < 4.78 is 10.9. The fourth-order valence-electron chi connectivity index (χ4n) is 3.01. The van der Waals surface area contributed by atoms with Crippen molar-refractivity contribution >= 4 is 5.91 Å². The van der Waals surface area contributed by atoms with Crippen molar-refractivity contribution in [3.05, 3.63) is 35.2 Å². The predicted molar refractivity (Wildman–Crippen MR) is 98.7 cm³/mol. The molecule has 2 aliphatic carbocycles. The number of aryl methyl sites for hydroxylation is 2. The molecule has 7 nitrogen and oxygen atoms in total. The van der Waals surface area contributed by atoms with Gasteiger partial charge in [0.25, 0.3) is 5.91 Å². The topological polar surface area (TPSA) is 90.1 Å². The fourth-order valence-corrected chi connectivity index (χ4v) is 3.01. The maximum Gasteiger partial charge on any atom is 0.273 e. The van der Waals surface area contributed by atoms with Gasteiger partial charge in [-0.05, 0) is 62.0 Å². The summed E-state index contributed by atoms with van der Waals surface area (Å²) in [6, 6.07) is 2.01. The zero-order chi connectivity index (χ0) is 18.6. The molecule has 1 N–H and O–H groups in total. The van der Waals surface area contributed by atoms with Crippen molar-refractivity contribution in [3.8, 4) is 5.75 Å². The summed E-state index contributed by atoms with van der Waals surface area (Å²) in [7, 11) is 0. The van der Waals surface area contributed by atoms with Gasteiger partial charge in [-0.25, -0.2) is 4.98 Å². The average Bonchev–Trinajstić information content (AvgIpc) is 3.59. The van der Waals surface area contributed by atoms with Crippen molar-refractivity contribution < 1.29 is 14.1 Å². The number of hydrogen-bond acceptors (Lipinski definition) is 6. The van der Waals surface area contributed by atoms with Crippen LogP contribution in [0.5, 0.6) is 5.75 Å². The normalized spacial score (nSPS) is 16.3. The quantitative estimate of drug-likeness (QED) is 0.646. The molecule has 2 aromatic rings. The van der Waals surface area contributed by atoms with Crippen molar-refractivity contribution in [1.82, 2.24) is 20.4 Å². The summed E-state index contributed by atoms with van der Waals surface area (Å²) in [5.41, 5.74) is 1.58. The van der Waals surface area contributed by atoms with Gasteiger partial charge in [0.05, 0.1) is 6.61 Å². The molecule has 0 bridgehead atoms. The summed E-state index contributed by atoms with van der Waals surface area (Å²) in [5.74, 6) is 2.99. The van der Waals surface area contributed by atoms with Crippen LogP contribution >= 0.6 is 0 Å². The van der Waals surface area contributed by atoms with Crippen molar-refractivity contribution in [2.45, 2.75) is 57.8 Å². The van der Waals surface area contributed by atoms with Gasteiger partial charge in [0.15, 0.2) is 17.3 Å². The Labute approximate surface area is 158 Å². The maximum atomic E-state index is 12.6. The standard InChI is InChI=1S/C20H26N4O3/c1-13-23-18(24-27-13)4-2-3-9-21-20(25)19-17(26-12-14-5-6-14)10-16(11-22-19)15-7-8-15/h10-11,14-15H,2-9,12H2,1H3,(H,21,25). The highest BCUT2D eigenvalue weighted by molar-refractivity contribution is 5.95. The number of carbonyl (C=O) groups is 1. The first-order valence-corrected chi connectivity index (χ1v) is 9.89. The number of amides is 1. The van der Waals surface area contributed by atoms with Gasteiger partial charge in [0.2, 0.25) is 5.89 Å². The third-order valence-electron chi connectivity index (χ3n) is 4.99. The van der Waals surface area contributed by atoms with E-state index in [0.29, 0.717) is 48.1 Å². The summed E-state index contributed by atoms with van der Waals surface area (Å²) in [6.07, 6.45) is 9.15. The van der Waals surface area contributed by atoms with Gasteiger partial charge in [-0.1, -0.05) is 5.16 Å². The van der Waals surface area contributed by atoms with E-state index in [0.717, 1.165) is 19.3 Å². The molecule has 0 saturated heterocycles. The summed E-state index contributed by atoms with van der Waals surface area (Å²) >= 11 is 0. The zero-order valence-electron chi connectivity index (χ0n) is 15.7. The van der Waals surface area contributed by atoms with Gasteiger partial charge >= 0.3 is 0 Å². The molecule has 144 valence electrons. The molecule has 2 fully saturated rings. The Morgan fingerprint density at radius 3 is 2.85 bits per heavy atom. The lowest BCUT2D eigenvalue weighted by Crippen LogP contribution is -2.26. The highest BCUT2D eigenvalue weighted by Gasteiger charge is 2.27. The Kier molecular flexibility index (Phi) is 5.36. The Bertz CT molecular complexity index is 796. The molecule has 4 rings (SSSR count). The number of nitrogens with zero attached hydrogens (tertiary/aromatic N) is 3. The third kappa shape index (κ3) is 5.05. The minimum Gasteiger partial charge on any atom is -0.491 e. The van der Waals surface area contributed by atoms with Gasteiger partial charge in [-0.2, -0.15) is 4.98 Å². The first-order chi connectivity index (χ1) is 13.2. The van der Waals surface area contributed by atoms with Gasteiger partial charge < -0.3 is 14.6 Å². The van der Waals surface area contributed by atoms with Gasteiger partial charge in [-0.3, -0.25) is 4.79 Å². The molecule has 0 atom stereocenters. The van der Waals surface area contributed by atoms with Crippen molar-refractivity contribution in [2.24, 2.45) is 5.92 Å². The number of aromatic nitrogens is 3. The van der Waals surface area contributed by atoms with E-state index in [1.54, 1.807) is 6.92 Å². The van der Waals surface area contributed by atoms with Crippen LogP contribution < -0.4 is 10.1 Å². The van der Waals surface area contributed by atoms with E-state index in [4.69, 9.17) is 9.26 Å². The van der Waals surface area contributed by atoms with Crippen LogP contribution in [0.2, 0.25) is 0 Å². The fraction of sp³-hybridized carbons (Fsp3) is 0.600. The number of hydrogen-bond donors (Lipinski definition) is 1. The van der Waals surface area contributed by atoms with E-state index >= 15 is 0 Å². The number of pyridine rings is 1. The summed E-state index contributed by atoms with van der Waals surface area (Å²) in [5, 5.41) is 6.83. The number of ether oxygens (including phenoxy) is 1. The van der Waals surface area contributed by atoms with Crippen LogP contribution in [-0.2, 0) is 6.42 Å². The Morgan fingerprint density at radius 1 is 1.30 bits per heavy atom. The van der Waals surface area contributed by atoms with E-state index in [9.17, 15) is 4.79 Å². The molecule has 2 heterocycles. The largest absolute Gasteiger partial charge is 0.491 e. The molecule has 0 aliphatic heterocycles. The van der Waals surface area contributed by atoms with E-state index in [1.165, 1.54) is 31.2 Å². The van der Waals surface area contributed by atoms with Crippen LogP contribution in [0.4, 0.5) is 0 Å². The molecule has 0 unspecified atom stereocenters. The van der Waals surface area contributed by atoms with E-state index in [-0.39, 0.29) is 5.91 Å². The second-order valence-electron chi connectivity index (χ2n) is 7.59. The molecule has 7 heteroatoms. The molecular formula is C20H26N4O3. The molecule has 2 aliphatic rings. The molecule has 27 heavy (non-hydrogen) atoms. The Balaban J connectivity index is 1.28. The highest BCUT2D eigenvalue weighted by Crippen LogP contribution is 2.41. The van der Waals surface area contributed by atoms with Gasteiger partial charge in [0.1, 0.15) is 0 Å². The number of unbranched alkanes of at least 4 members (excludes halogenated alkanes) is 1. The summed E-state index contributed by atoms with van der Waals surface area (Å²) in [6.45, 7) is 3.05. The van der Waals surface area contributed by atoms with Crippen molar-refractivity contribution in [3.63, 3.8) is 0 Å². The average molecular weight is 370 g/mol. The van der Waals surface area contributed by atoms with Crippen LogP contribution in [0, 0.1) is 12.8 Å². The second kappa shape index (κ2) is 8.06. The molecule has 0 spiro atoms. The van der Waals surface area contributed by atoms with Crippen LogP contribution in [0.1, 0.15) is 72.2 Å². The van der Waals surface area contributed by atoms with E-state index < -0.39 is 0 Å². The van der Waals surface area contributed by atoms with Gasteiger partial charge in [-0.15, -0.1) is 0 Å². The Morgan fingerprint density at radius 2 is 2.15 bits per heavy atom. The smallest absolute Gasteiger partial charge is 0.273 e. The first-order valence-electron chi connectivity index (χ1n) is 9.89. The number of carbonyl (C=O) groups excluding carboxylic acids is 1. The molecule has 2 aromatic heterocycles. The zero-order valence-corrected chi connectivity index (χ0v) is 15.7. The lowest BCUT2D eigenvalue weighted by molar-refractivity contribution is 0.0943. The minimum atomic E-state index is -0.168. The van der Waals surface area contributed by atoms with Crippen LogP contribution in [0.3, 0.4) is 0 Å². The molecule has 1 amide bonds. The van der Waals surface area contributed by atoms with E-state index in [1.807, 2.05) is 12.3 Å². The lowest BCUT2D eigenvalue weighted by Gasteiger charge is -2.12. The molecule has 0 aromatic carbocycles. The van der Waals surface area contributed by atoms with E-state index in [2.05, 4.69) is 20.4 Å². The Hall–Kier alpha value is -2.44. The second-order valence-corrected chi connectivity index (χ2v) is 7.59. The first kappa shape index (κ1) is 17.9. The SMILES string of the molecule is Cc1nc(CCCCNC(=O)c2ncc(C3CC3)cc2OCC2CC2)no1. The van der Waals surface area contributed by atoms with Crippen LogP contribution in [-0.4, -0.2) is 34.2 Å². The van der Waals surface area contributed by atoms with Crippen LogP contribution in [0.25, 0.3) is 0 Å². The van der Waals surface area contributed by atoms with Crippen molar-refractivity contribution in [1.29, 1.82) is 0 Å². The predicted octanol–water partition coefficient (Wildman–Crippen LogP) is 3.19. The highest BCUT2D eigenvalue weighted by atomic mass is 16.5. The lowest BCUT2D eigenvalue weighted by atomic mass is 10.1.